The van der Waals surface area contributed by atoms with Gasteiger partial charge in [-0.25, -0.2) is 9.07 Å². The van der Waals surface area contributed by atoms with Crippen LogP contribution in [0.1, 0.15) is 25.8 Å². The van der Waals surface area contributed by atoms with E-state index in [0.717, 1.165) is 6.92 Å². The standard InChI is InChI=1S/C26H26F4N4O4/c1-3-37-21-10-19(27)9-20(11-21)34-22(12-23(33-34)32-25(36)18-8-24(35)31-13-18)17-6-4-5-16(7-17)14-38-15(2)26(28,29)30/h4-7,9-12,15,18H,3,8,13-14H2,1-2H3,(H,31,35)(H,32,33,36)/t15-,18+/m1/s1. The van der Waals surface area contributed by atoms with E-state index in [1.54, 1.807) is 43.3 Å². The van der Waals surface area contributed by atoms with Crippen LogP contribution in [0.25, 0.3) is 16.9 Å². The number of aromatic nitrogens is 2. The molecule has 1 aliphatic heterocycles. The van der Waals surface area contributed by atoms with Gasteiger partial charge in [-0.2, -0.15) is 13.2 Å². The topological polar surface area (TPSA) is 94.5 Å². The van der Waals surface area contributed by atoms with Crippen LogP contribution in [0.4, 0.5) is 23.4 Å². The number of hydrogen-bond acceptors (Lipinski definition) is 5. The highest BCUT2D eigenvalue weighted by Gasteiger charge is 2.36. The number of hydrogen-bond donors (Lipinski definition) is 2. The van der Waals surface area contributed by atoms with E-state index in [1.165, 1.54) is 16.8 Å². The molecule has 202 valence electrons. The van der Waals surface area contributed by atoms with Crippen LogP contribution in [-0.2, 0) is 20.9 Å². The summed E-state index contributed by atoms with van der Waals surface area (Å²) in [5.74, 6) is -1.34. The van der Waals surface area contributed by atoms with Crippen LogP contribution in [0.5, 0.6) is 5.75 Å². The predicted octanol–water partition coefficient (Wildman–Crippen LogP) is 4.62. The molecule has 2 N–H and O–H groups in total. The van der Waals surface area contributed by atoms with Crippen LogP contribution in [0.2, 0.25) is 0 Å². The van der Waals surface area contributed by atoms with Gasteiger partial charge in [-0.05, 0) is 31.5 Å². The molecule has 2 amide bonds. The minimum Gasteiger partial charge on any atom is -0.494 e. The van der Waals surface area contributed by atoms with Crippen molar-refractivity contribution in [2.75, 3.05) is 18.5 Å². The van der Waals surface area contributed by atoms with Gasteiger partial charge in [0.05, 0.1) is 30.5 Å². The van der Waals surface area contributed by atoms with E-state index in [9.17, 15) is 27.2 Å². The molecular weight excluding hydrogens is 508 g/mol. The average Bonchev–Trinajstić information content (AvgIpc) is 3.48. The van der Waals surface area contributed by atoms with Crippen LogP contribution in [-0.4, -0.2) is 47.0 Å². The molecule has 2 aromatic carbocycles. The van der Waals surface area contributed by atoms with E-state index in [4.69, 9.17) is 9.47 Å². The van der Waals surface area contributed by atoms with Crippen molar-refractivity contribution in [1.29, 1.82) is 0 Å². The van der Waals surface area contributed by atoms with Crippen LogP contribution in [0.3, 0.4) is 0 Å². The number of nitrogens with zero attached hydrogens (tertiary/aromatic N) is 2. The van der Waals surface area contributed by atoms with E-state index in [-0.39, 0.29) is 37.0 Å². The van der Waals surface area contributed by atoms with E-state index in [1.807, 2.05) is 0 Å². The van der Waals surface area contributed by atoms with Gasteiger partial charge in [-0.15, -0.1) is 5.10 Å². The molecule has 1 saturated heterocycles. The Hall–Kier alpha value is -3.93. The highest BCUT2D eigenvalue weighted by atomic mass is 19.4. The summed E-state index contributed by atoms with van der Waals surface area (Å²) < 4.78 is 64.8. The molecule has 0 unspecified atom stereocenters. The fraction of sp³-hybridized carbons (Fsp3) is 0.346. The van der Waals surface area contributed by atoms with E-state index >= 15 is 0 Å². The Labute approximate surface area is 215 Å². The Balaban J connectivity index is 1.69. The van der Waals surface area contributed by atoms with Crippen LogP contribution < -0.4 is 15.4 Å². The third kappa shape index (κ3) is 6.49. The molecule has 0 bridgehead atoms. The van der Waals surface area contributed by atoms with Gasteiger partial charge in [0, 0.05) is 36.7 Å². The number of nitrogens with one attached hydrogen (secondary N) is 2. The average molecular weight is 535 g/mol. The minimum absolute atomic E-state index is 0.0550. The molecule has 0 spiro atoms. The molecule has 38 heavy (non-hydrogen) atoms. The highest BCUT2D eigenvalue weighted by Crippen LogP contribution is 2.30. The number of halogens is 4. The summed E-state index contributed by atoms with van der Waals surface area (Å²) in [6.07, 6.45) is -6.38. The maximum absolute atomic E-state index is 14.4. The Morgan fingerprint density at radius 1 is 1.24 bits per heavy atom. The molecule has 0 aliphatic carbocycles. The summed E-state index contributed by atoms with van der Waals surface area (Å²) in [5, 5.41) is 9.74. The van der Waals surface area contributed by atoms with Crippen molar-refractivity contribution in [2.45, 2.75) is 39.2 Å². The molecule has 12 heteroatoms. The van der Waals surface area contributed by atoms with Crippen molar-refractivity contribution >= 4 is 17.6 Å². The molecule has 0 saturated carbocycles. The number of anilines is 1. The third-order valence-corrected chi connectivity index (χ3v) is 5.90. The molecular formula is C26H26F4N4O4. The Morgan fingerprint density at radius 2 is 2.03 bits per heavy atom. The fourth-order valence-corrected chi connectivity index (χ4v) is 3.92. The molecule has 1 fully saturated rings. The summed E-state index contributed by atoms with van der Waals surface area (Å²) >= 11 is 0. The summed E-state index contributed by atoms with van der Waals surface area (Å²) in [5.41, 5.74) is 1.74. The highest BCUT2D eigenvalue weighted by molar-refractivity contribution is 5.97. The zero-order valence-corrected chi connectivity index (χ0v) is 20.6. The molecule has 0 radical (unpaired) electrons. The van der Waals surface area contributed by atoms with Crippen molar-refractivity contribution in [3.05, 3.63) is 59.9 Å². The Bertz CT molecular complexity index is 1320. The van der Waals surface area contributed by atoms with Gasteiger partial charge in [0.2, 0.25) is 11.8 Å². The molecule has 2 atom stereocenters. The van der Waals surface area contributed by atoms with E-state index in [2.05, 4.69) is 15.7 Å². The second kappa shape index (κ2) is 11.2. The van der Waals surface area contributed by atoms with E-state index < -0.39 is 29.9 Å². The maximum Gasteiger partial charge on any atom is 0.414 e. The number of carbonyl (C=O) groups is 2. The van der Waals surface area contributed by atoms with Gasteiger partial charge in [0.15, 0.2) is 11.9 Å². The molecule has 2 heterocycles. The molecule has 4 rings (SSSR count). The molecule has 1 aliphatic rings. The number of rotatable bonds is 9. The zero-order valence-electron chi connectivity index (χ0n) is 20.6. The molecule has 1 aromatic heterocycles. The van der Waals surface area contributed by atoms with Gasteiger partial charge >= 0.3 is 6.18 Å². The lowest BCUT2D eigenvalue weighted by Gasteiger charge is -2.16. The Kier molecular flexibility index (Phi) is 8.00. The van der Waals surface area contributed by atoms with E-state index in [0.29, 0.717) is 29.1 Å². The SMILES string of the molecule is CCOc1cc(F)cc(-n2nc(NC(=O)[C@@H]3CNC(=O)C3)cc2-c2cccc(CO[C@H](C)C(F)(F)F)c2)c1. The first-order valence-corrected chi connectivity index (χ1v) is 11.9. The summed E-state index contributed by atoms with van der Waals surface area (Å²) in [6, 6.07) is 12.2. The second-order valence-electron chi connectivity index (χ2n) is 8.79. The van der Waals surface area contributed by atoms with Gasteiger partial charge in [0.1, 0.15) is 11.6 Å². The normalized spacial score (nSPS) is 16.3. The summed E-state index contributed by atoms with van der Waals surface area (Å²) in [7, 11) is 0. The second-order valence-corrected chi connectivity index (χ2v) is 8.79. The van der Waals surface area contributed by atoms with Gasteiger partial charge in [-0.1, -0.05) is 18.2 Å². The van der Waals surface area contributed by atoms with Crippen LogP contribution in [0.15, 0.2) is 48.5 Å². The van der Waals surface area contributed by atoms with Crippen molar-refractivity contribution in [3.8, 4) is 22.7 Å². The lowest BCUT2D eigenvalue weighted by Crippen LogP contribution is -2.28. The van der Waals surface area contributed by atoms with Crippen molar-refractivity contribution in [2.24, 2.45) is 5.92 Å². The lowest BCUT2D eigenvalue weighted by molar-refractivity contribution is -0.217. The van der Waals surface area contributed by atoms with Gasteiger partial charge < -0.3 is 20.1 Å². The lowest BCUT2D eigenvalue weighted by atomic mass is 10.1. The number of alkyl halides is 3. The first kappa shape index (κ1) is 27.1. The monoisotopic (exact) mass is 534 g/mol. The third-order valence-electron chi connectivity index (χ3n) is 5.90. The van der Waals surface area contributed by atoms with Crippen molar-refractivity contribution in [3.63, 3.8) is 0 Å². The number of carbonyl (C=O) groups excluding carboxylic acids is 2. The van der Waals surface area contributed by atoms with Crippen LogP contribution >= 0.6 is 0 Å². The predicted molar refractivity (Wildman–Crippen MR) is 130 cm³/mol. The largest absolute Gasteiger partial charge is 0.494 e. The summed E-state index contributed by atoms with van der Waals surface area (Å²) in [6.45, 7) is 2.92. The fourth-order valence-electron chi connectivity index (χ4n) is 3.92. The van der Waals surface area contributed by atoms with Crippen molar-refractivity contribution < 1.29 is 36.6 Å². The van der Waals surface area contributed by atoms with Gasteiger partial charge in [0.25, 0.3) is 0 Å². The number of benzene rings is 2. The quantitative estimate of drug-likeness (QED) is 0.391. The van der Waals surface area contributed by atoms with Gasteiger partial charge in [-0.3, -0.25) is 9.59 Å². The zero-order chi connectivity index (χ0) is 27.4. The minimum atomic E-state index is -4.49. The number of ether oxygens (including phenoxy) is 2. The number of amides is 2. The Morgan fingerprint density at radius 3 is 2.71 bits per heavy atom. The van der Waals surface area contributed by atoms with Crippen LogP contribution in [0, 0.1) is 11.7 Å². The van der Waals surface area contributed by atoms with Crippen molar-refractivity contribution in [1.82, 2.24) is 15.1 Å². The first-order valence-electron chi connectivity index (χ1n) is 11.9. The molecule has 8 nitrogen and oxygen atoms in total. The summed E-state index contributed by atoms with van der Waals surface area (Å²) in [4.78, 5) is 24.2. The smallest absolute Gasteiger partial charge is 0.414 e. The maximum atomic E-state index is 14.4. The molecule has 3 aromatic rings. The first-order chi connectivity index (χ1) is 18.0.